The molecule has 152 valence electrons. The Morgan fingerprint density at radius 1 is 1.21 bits per heavy atom. The van der Waals surface area contributed by atoms with E-state index in [9.17, 15) is 23.1 Å². The molecular weight excluding hydrogens is 383 g/mol. The number of alkyl halides is 3. The first-order valence-corrected chi connectivity index (χ1v) is 9.46. The minimum atomic E-state index is -4.47. The van der Waals surface area contributed by atoms with Crippen LogP contribution >= 0.6 is 0 Å². The quantitative estimate of drug-likeness (QED) is 0.733. The lowest BCUT2D eigenvalue weighted by molar-refractivity contribution is -0.137. The second kappa shape index (κ2) is 7.55. The van der Waals surface area contributed by atoms with E-state index in [1.165, 1.54) is 12.1 Å². The van der Waals surface area contributed by atoms with Gasteiger partial charge in [0.2, 0.25) is 5.91 Å². The van der Waals surface area contributed by atoms with Crippen LogP contribution in [0.15, 0.2) is 42.5 Å². The number of aliphatic hydroxyl groups excluding tert-OH is 1. The largest absolute Gasteiger partial charge is 0.493 e. The van der Waals surface area contributed by atoms with E-state index in [-0.39, 0.29) is 5.56 Å². The number of carbonyl (C=O) groups excluding carboxylic acids is 1. The van der Waals surface area contributed by atoms with Gasteiger partial charge in [0.25, 0.3) is 0 Å². The number of rotatable bonds is 2. The molecule has 1 aliphatic heterocycles. The van der Waals surface area contributed by atoms with E-state index in [1.807, 2.05) is 12.1 Å². The summed E-state index contributed by atoms with van der Waals surface area (Å²) < 4.78 is 44.6. The first kappa shape index (κ1) is 19.5. The molecule has 1 heterocycles. The molecule has 0 spiro atoms. The van der Waals surface area contributed by atoms with Gasteiger partial charge in [-0.2, -0.15) is 13.2 Å². The number of ether oxygens (including phenoxy) is 1. The SMILES string of the molecule is O=C(C=C1CCOc2ccc(C(F)(F)F)cc21)Nc1cccc2c1CC(O)CC2. The van der Waals surface area contributed by atoms with E-state index in [0.717, 1.165) is 29.7 Å². The van der Waals surface area contributed by atoms with Gasteiger partial charge in [-0.25, -0.2) is 0 Å². The molecule has 0 saturated carbocycles. The molecule has 2 aromatic rings. The lowest BCUT2D eigenvalue weighted by atomic mass is 9.88. The fourth-order valence-corrected chi connectivity index (χ4v) is 3.85. The average molecular weight is 403 g/mol. The number of hydrogen-bond donors (Lipinski definition) is 2. The summed E-state index contributed by atoms with van der Waals surface area (Å²) in [6, 6.07) is 8.88. The van der Waals surface area contributed by atoms with Gasteiger partial charge in [0.15, 0.2) is 0 Å². The van der Waals surface area contributed by atoms with Crippen LogP contribution in [0.4, 0.5) is 18.9 Å². The first-order chi connectivity index (χ1) is 13.8. The molecular formula is C22H20F3NO3. The molecule has 2 aromatic carbocycles. The molecule has 7 heteroatoms. The standard InChI is InChI=1S/C22H20F3NO3/c23-22(24,25)15-5-7-20-18(11-15)14(8-9-29-20)10-21(28)26-19-3-1-2-13-4-6-16(27)12-17(13)19/h1-3,5,7,10-11,16,27H,4,6,8-9,12H2,(H,26,28). The third-order valence-electron chi connectivity index (χ3n) is 5.30. The molecule has 2 aliphatic rings. The van der Waals surface area contributed by atoms with E-state index in [4.69, 9.17) is 4.74 Å². The number of anilines is 1. The molecule has 0 saturated heterocycles. The van der Waals surface area contributed by atoms with Crippen LogP contribution < -0.4 is 10.1 Å². The predicted octanol–water partition coefficient (Wildman–Crippen LogP) is 4.36. The number of aryl methyl sites for hydroxylation is 1. The lowest BCUT2D eigenvalue weighted by Gasteiger charge is -2.23. The zero-order chi connectivity index (χ0) is 20.6. The van der Waals surface area contributed by atoms with Crippen molar-refractivity contribution in [2.75, 3.05) is 11.9 Å². The lowest BCUT2D eigenvalue weighted by Crippen LogP contribution is -2.21. The van der Waals surface area contributed by atoms with Crippen molar-refractivity contribution in [3.8, 4) is 5.75 Å². The van der Waals surface area contributed by atoms with Crippen molar-refractivity contribution in [3.63, 3.8) is 0 Å². The van der Waals surface area contributed by atoms with Gasteiger partial charge in [-0.05, 0) is 53.8 Å². The van der Waals surface area contributed by atoms with Gasteiger partial charge in [0.1, 0.15) is 5.75 Å². The van der Waals surface area contributed by atoms with Crippen molar-refractivity contribution in [1.29, 1.82) is 0 Å². The summed E-state index contributed by atoms with van der Waals surface area (Å²) in [5.41, 5.74) is 2.63. The average Bonchev–Trinajstić information content (AvgIpc) is 2.67. The molecule has 1 amide bonds. The maximum absolute atomic E-state index is 13.1. The van der Waals surface area contributed by atoms with Crippen LogP contribution in [-0.4, -0.2) is 23.7 Å². The molecule has 4 rings (SSSR count). The third-order valence-corrected chi connectivity index (χ3v) is 5.30. The highest BCUT2D eigenvalue weighted by molar-refractivity contribution is 6.05. The highest BCUT2D eigenvalue weighted by Gasteiger charge is 2.32. The second-order valence-corrected chi connectivity index (χ2v) is 7.31. The molecule has 1 atom stereocenters. The van der Waals surface area contributed by atoms with E-state index >= 15 is 0 Å². The summed E-state index contributed by atoms with van der Waals surface area (Å²) in [6.07, 6.45) is -1.34. The third kappa shape index (κ3) is 4.15. The minimum absolute atomic E-state index is 0.284. The van der Waals surface area contributed by atoms with Crippen LogP contribution in [0, 0.1) is 0 Å². The number of fused-ring (bicyclic) bond motifs is 2. The highest BCUT2D eigenvalue weighted by atomic mass is 19.4. The Labute approximate surface area is 166 Å². The number of amides is 1. The van der Waals surface area contributed by atoms with Gasteiger partial charge in [-0.3, -0.25) is 4.79 Å². The summed E-state index contributed by atoms with van der Waals surface area (Å²) in [5, 5.41) is 12.8. The van der Waals surface area contributed by atoms with Gasteiger partial charge < -0.3 is 15.2 Å². The van der Waals surface area contributed by atoms with Crippen LogP contribution in [0.3, 0.4) is 0 Å². The van der Waals surface area contributed by atoms with Crippen LogP contribution in [0.25, 0.3) is 5.57 Å². The molecule has 4 nitrogen and oxygen atoms in total. The van der Waals surface area contributed by atoms with Crippen molar-refractivity contribution in [2.45, 2.75) is 38.0 Å². The molecule has 0 bridgehead atoms. The number of halogens is 3. The Balaban J connectivity index is 1.61. The van der Waals surface area contributed by atoms with E-state index in [2.05, 4.69) is 5.32 Å². The Morgan fingerprint density at radius 3 is 2.83 bits per heavy atom. The van der Waals surface area contributed by atoms with E-state index < -0.39 is 23.8 Å². The number of nitrogens with one attached hydrogen (secondary N) is 1. The van der Waals surface area contributed by atoms with Gasteiger partial charge >= 0.3 is 6.18 Å². The molecule has 1 aliphatic carbocycles. The number of hydrogen-bond acceptors (Lipinski definition) is 3. The molecule has 1 unspecified atom stereocenters. The normalized spacial score (nSPS) is 19.9. The maximum Gasteiger partial charge on any atom is 0.416 e. The van der Waals surface area contributed by atoms with E-state index in [0.29, 0.717) is 42.9 Å². The van der Waals surface area contributed by atoms with Crippen LogP contribution in [0.1, 0.15) is 35.1 Å². The molecule has 0 radical (unpaired) electrons. The fraction of sp³-hybridized carbons (Fsp3) is 0.318. The van der Waals surface area contributed by atoms with Gasteiger partial charge in [-0.1, -0.05) is 12.1 Å². The topological polar surface area (TPSA) is 58.6 Å². The van der Waals surface area contributed by atoms with Gasteiger partial charge in [0, 0.05) is 30.2 Å². The zero-order valence-electron chi connectivity index (χ0n) is 15.6. The maximum atomic E-state index is 13.1. The highest BCUT2D eigenvalue weighted by Crippen LogP contribution is 2.38. The van der Waals surface area contributed by atoms with Crippen LogP contribution in [-0.2, 0) is 23.8 Å². The smallest absolute Gasteiger partial charge is 0.416 e. The molecule has 0 aromatic heterocycles. The first-order valence-electron chi connectivity index (χ1n) is 9.46. The zero-order valence-corrected chi connectivity index (χ0v) is 15.6. The summed E-state index contributed by atoms with van der Waals surface area (Å²) in [7, 11) is 0. The minimum Gasteiger partial charge on any atom is -0.493 e. The molecule has 0 fully saturated rings. The van der Waals surface area contributed by atoms with Crippen LogP contribution in [0.2, 0.25) is 0 Å². The van der Waals surface area contributed by atoms with Crippen LogP contribution in [0.5, 0.6) is 5.75 Å². The monoisotopic (exact) mass is 403 g/mol. The van der Waals surface area contributed by atoms with Gasteiger partial charge in [0.05, 0.1) is 18.3 Å². The second-order valence-electron chi connectivity index (χ2n) is 7.31. The summed E-state index contributed by atoms with van der Waals surface area (Å²) in [6.45, 7) is 0.296. The Morgan fingerprint density at radius 2 is 2.03 bits per heavy atom. The number of aliphatic hydroxyl groups is 1. The predicted molar refractivity (Wildman–Crippen MR) is 103 cm³/mol. The number of carbonyl (C=O) groups is 1. The Bertz CT molecular complexity index is 982. The Kier molecular flexibility index (Phi) is 5.08. The Hall–Kier alpha value is -2.80. The van der Waals surface area contributed by atoms with Crippen molar-refractivity contribution in [2.24, 2.45) is 0 Å². The van der Waals surface area contributed by atoms with Gasteiger partial charge in [-0.15, -0.1) is 0 Å². The van der Waals surface area contributed by atoms with Crippen molar-refractivity contribution >= 4 is 17.2 Å². The summed E-state index contributed by atoms with van der Waals surface area (Å²) in [5.74, 6) is -0.0813. The fourth-order valence-electron chi connectivity index (χ4n) is 3.85. The molecule has 2 N–H and O–H groups in total. The summed E-state index contributed by atoms with van der Waals surface area (Å²) >= 11 is 0. The van der Waals surface area contributed by atoms with E-state index in [1.54, 1.807) is 6.07 Å². The summed E-state index contributed by atoms with van der Waals surface area (Å²) in [4.78, 5) is 12.6. The number of benzene rings is 2. The molecule has 29 heavy (non-hydrogen) atoms. The van der Waals surface area contributed by atoms with Crippen molar-refractivity contribution in [1.82, 2.24) is 0 Å². The van der Waals surface area contributed by atoms with Crippen molar-refractivity contribution in [3.05, 3.63) is 64.7 Å². The van der Waals surface area contributed by atoms with Crippen molar-refractivity contribution < 1.29 is 27.8 Å².